The van der Waals surface area contributed by atoms with Gasteiger partial charge in [0.15, 0.2) is 0 Å². The number of rotatable bonds is 7. The SMILES string of the molecule is COc1ccc(-c2ccc(N3CCOCC3)nc2)cc1C(=O)N[C@@H]1C2CCC(C2=C(C)C)[C@@H]1C(=O)Nc1ccc(F)c(C(F)(F)F)c1. The molecule has 12 heteroatoms. The minimum atomic E-state index is -4.92. The van der Waals surface area contributed by atoms with Crippen molar-refractivity contribution in [2.24, 2.45) is 17.8 Å². The first-order valence-corrected chi connectivity index (χ1v) is 15.6. The highest BCUT2D eigenvalue weighted by Crippen LogP contribution is 2.54. The Labute approximate surface area is 270 Å². The minimum absolute atomic E-state index is 0.116. The van der Waals surface area contributed by atoms with Crippen molar-refractivity contribution >= 4 is 23.3 Å². The molecule has 47 heavy (non-hydrogen) atoms. The molecule has 2 aromatic carbocycles. The molecule has 3 aliphatic rings. The maximum Gasteiger partial charge on any atom is 0.419 e. The Hall–Kier alpha value is -4.45. The van der Waals surface area contributed by atoms with Gasteiger partial charge >= 0.3 is 6.18 Å². The third-order valence-electron chi connectivity index (χ3n) is 9.42. The fourth-order valence-electron chi connectivity index (χ4n) is 7.35. The molecule has 3 aromatic rings. The quantitative estimate of drug-likeness (QED) is 0.224. The van der Waals surface area contributed by atoms with E-state index in [0.29, 0.717) is 37.5 Å². The predicted molar refractivity (Wildman–Crippen MR) is 169 cm³/mol. The summed E-state index contributed by atoms with van der Waals surface area (Å²) in [6.45, 7) is 6.72. The molecule has 0 spiro atoms. The molecule has 1 saturated heterocycles. The molecule has 1 aliphatic heterocycles. The Bertz CT molecular complexity index is 1700. The molecule has 2 amide bonds. The third-order valence-corrected chi connectivity index (χ3v) is 9.42. The van der Waals surface area contributed by atoms with Crippen LogP contribution in [0, 0.1) is 23.6 Å². The number of morpholine rings is 1. The molecule has 2 heterocycles. The van der Waals surface area contributed by atoms with E-state index in [4.69, 9.17) is 9.47 Å². The Morgan fingerprint density at radius 3 is 2.36 bits per heavy atom. The number of halogens is 4. The molecule has 0 radical (unpaired) electrons. The average molecular weight is 653 g/mol. The second kappa shape index (κ2) is 13.0. The van der Waals surface area contributed by atoms with Gasteiger partial charge in [0.25, 0.3) is 5.91 Å². The van der Waals surface area contributed by atoms with Crippen LogP contribution < -0.4 is 20.3 Å². The summed E-state index contributed by atoms with van der Waals surface area (Å²) < 4.78 is 65.0. The number of nitrogens with one attached hydrogen (secondary N) is 2. The van der Waals surface area contributed by atoms with Gasteiger partial charge in [0.05, 0.1) is 37.4 Å². The summed E-state index contributed by atoms with van der Waals surface area (Å²) in [5.41, 5.74) is 2.32. The van der Waals surface area contributed by atoms with Gasteiger partial charge in [0.2, 0.25) is 5.91 Å². The number of fused-ring (bicyclic) bond motifs is 2. The number of pyridine rings is 1. The molecule has 2 aliphatic carbocycles. The predicted octanol–water partition coefficient (Wildman–Crippen LogP) is 6.48. The van der Waals surface area contributed by atoms with Crippen LogP contribution in [0.15, 0.2) is 65.9 Å². The van der Waals surface area contributed by atoms with Crippen molar-refractivity contribution in [2.45, 2.75) is 38.9 Å². The molecule has 6 rings (SSSR count). The van der Waals surface area contributed by atoms with Gasteiger partial charge in [0, 0.05) is 42.5 Å². The average Bonchev–Trinajstić information content (AvgIpc) is 3.62. The van der Waals surface area contributed by atoms with Gasteiger partial charge in [-0.05, 0) is 80.6 Å². The van der Waals surface area contributed by atoms with Crippen LogP contribution >= 0.6 is 0 Å². The molecule has 8 nitrogen and oxygen atoms in total. The molecule has 248 valence electrons. The minimum Gasteiger partial charge on any atom is -0.496 e. The molecular weight excluding hydrogens is 616 g/mol. The van der Waals surface area contributed by atoms with E-state index in [0.717, 1.165) is 53.7 Å². The van der Waals surface area contributed by atoms with E-state index in [-0.39, 0.29) is 23.1 Å². The van der Waals surface area contributed by atoms with Gasteiger partial charge in [-0.2, -0.15) is 13.2 Å². The van der Waals surface area contributed by atoms with Gasteiger partial charge in [-0.1, -0.05) is 17.2 Å². The van der Waals surface area contributed by atoms with Crippen molar-refractivity contribution in [1.82, 2.24) is 10.3 Å². The first-order chi connectivity index (χ1) is 22.5. The zero-order valence-corrected chi connectivity index (χ0v) is 26.3. The number of ether oxygens (including phenoxy) is 2. The summed E-state index contributed by atoms with van der Waals surface area (Å²) in [5, 5.41) is 5.66. The van der Waals surface area contributed by atoms with E-state index < -0.39 is 41.3 Å². The Balaban J connectivity index is 1.26. The molecule has 2 bridgehead atoms. The summed E-state index contributed by atoms with van der Waals surface area (Å²) >= 11 is 0. The van der Waals surface area contributed by atoms with E-state index in [9.17, 15) is 27.2 Å². The number of amides is 2. The zero-order chi connectivity index (χ0) is 33.5. The topological polar surface area (TPSA) is 92.8 Å². The Kier molecular flexibility index (Phi) is 8.97. The number of hydrogen-bond acceptors (Lipinski definition) is 6. The van der Waals surface area contributed by atoms with E-state index in [1.165, 1.54) is 7.11 Å². The van der Waals surface area contributed by atoms with Crippen LogP contribution in [0.5, 0.6) is 5.75 Å². The van der Waals surface area contributed by atoms with E-state index in [1.54, 1.807) is 18.3 Å². The molecular formula is C35H36F4N4O4. The van der Waals surface area contributed by atoms with Crippen molar-refractivity contribution in [3.63, 3.8) is 0 Å². The van der Waals surface area contributed by atoms with Crippen LogP contribution in [0.4, 0.5) is 29.1 Å². The van der Waals surface area contributed by atoms with E-state index >= 15 is 0 Å². The van der Waals surface area contributed by atoms with Crippen molar-refractivity contribution in [2.75, 3.05) is 43.6 Å². The molecule has 1 aromatic heterocycles. The highest BCUT2D eigenvalue weighted by molar-refractivity contribution is 6.00. The standard InChI is InChI=1S/C35H36F4N4O4/c1-19(2)30-23-7-8-24(30)32(31(23)34(45)41-22-6-9-27(36)26(17-22)35(37,38)39)42-33(44)25-16-20(4-10-28(25)46-3)21-5-11-29(40-18-21)43-12-14-47-15-13-43/h4-6,9-11,16-18,23-24,31-32H,7-8,12-15H2,1-3H3,(H,41,45)(H,42,44)/t23?,24?,31-,32+/m0/s1. The van der Waals surface area contributed by atoms with Crippen molar-refractivity contribution in [3.8, 4) is 16.9 Å². The van der Waals surface area contributed by atoms with Gasteiger partial charge in [0.1, 0.15) is 17.4 Å². The molecule has 4 atom stereocenters. The molecule has 2 saturated carbocycles. The lowest BCUT2D eigenvalue weighted by Gasteiger charge is -2.30. The van der Waals surface area contributed by atoms with Crippen molar-refractivity contribution in [1.29, 1.82) is 0 Å². The lowest BCUT2D eigenvalue weighted by atomic mass is 9.83. The van der Waals surface area contributed by atoms with Gasteiger partial charge in [-0.25, -0.2) is 9.37 Å². The van der Waals surface area contributed by atoms with Crippen molar-refractivity contribution < 1.29 is 36.6 Å². The largest absolute Gasteiger partial charge is 0.496 e. The van der Waals surface area contributed by atoms with E-state index in [2.05, 4.69) is 20.5 Å². The molecule has 3 fully saturated rings. The summed E-state index contributed by atoms with van der Waals surface area (Å²) in [5.74, 6) is -2.26. The fraction of sp³-hybridized carbons (Fsp3) is 0.400. The third kappa shape index (κ3) is 6.43. The summed E-state index contributed by atoms with van der Waals surface area (Å²) in [6, 6.07) is 10.9. The fourth-order valence-corrected chi connectivity index (χ4v) is 7.35. The Morgan fingerprint density at radius 1 is 0.979 bits per heavy atom. The zero-order valence-electron chi connectivity index (χ0n) is 26.3. The monoisotopic (exact) mass is 652 g/mol. The number of allylic oxidation sites excluding steroid dienone is 1. The number of hydrogen-bond donors (Lipinski definition) is 2. The molecule has 2 unspecified atom stereocenters. The van der Waals surface area contributed by atoms with Gasteiger partial charge < -0.3 is 25.0 Å². The van der Waals surface area contributed by atoms with Crippen LogP contribution in [-0.4, -0.2) is 56.3 Å². The van der Waals surface area contributed by atoms with Crippen LogP contribution in [-0.2, 0) is 15.7 Å². The number of nitrogens with zero attached hydrogens (tertiary/aromatic N) is 2. The number of anilines is 2. The maximum absolute atomic E-state index is 14.0. The van der Waals surface area contributed by atoms with Crippen LogP contribution in [0.1, 0.15) is 42.6 Å². The lowest BCUT2D eigenvalue weighted by molar-refractivity contribution is -0.140. The van der Waals surface area contributed by atoms with Crippen molar-refractivity contribution in [3.05, 3.63) is 82.8 Å². The van der Waals surface area contributed by atoms with Crippen LogP contribution in [0.2, 0.25) is 0 Å². The highest BCUT2D eigenvalue weighted by Gasteiger charge is 2.55. The first-order valence-electron chi connectivity index (χ1n) is 15.6. The second-order valence-corrected chi connectivity index (χ2v) is 12.4. The lowest BCUT2D eigenvalue weighted by Crippen LogP contribution is -2.48. The van der Waals surface area contributed by atoms with E-state index in [1.807, 2.05) is 32.0 Å². The number of aromatic nitrogens is 1. The smallest absolute Gasteiger partial charge is 0.419 e. The number of methoxy groups -OCH3 is 1. The maximum atomic E-state index is 14.0. The number of carbonyl (C=O) groups excluding carboxylic acids is 2. The molecule has 2 N–H and O–H groups in total. The second-order valence-electron chi connectivity index (χ2n) is 12.4. The van der Waals surface area contributed by atoms with Crippen LogP contribution in [0.3, 0.4) is 0 Å². The summed E-state index contributed by atoms with van der Waals surface area (Å²) in [4.78, 5) is 34.5. The summed E-state index contributed by atoms with van der Waals surface area (Å²) in [7, 11) is 1.47. The summed E-state index contributed by atoms with van der Waals surface area (Å²) in [6.07, 6.45) is -1.70. The number of carbonyl (C=O) groups is 2. The number of benzene rings is 2. The number of alkyl halides is 3. The first kappa shape index (κ1) is 32.5. The normalized spacial score (nSPS) is 22.3. The Morgan fingerprint density at radius 2 is 1.70 bits per heavy atom. The van der Waals surface area contributed by atoms with Gasteiger partial charge in [-0.15, -0.1) is 0 Å². The van der Waals surface area contributed by atoms with Gasteiger partial charge in [-0.3, -0.25) is 9.59 Å². The highest BCUT2D eigenvalue weighted by atomic mass is 19.4. The van der Waals surface area contributed by atoms with Crippen LogP contribution in [0.25, 0.3) is 11.1 Å².